The second-order valence-corrected chi connectivity index (χ2v) is 3.50. The molecule has 0 amide bonds. The van der Waals surface area contributed by atoms with E-state index in [1.54, 1.807) is 0 Å². The summed E-state index contributed by atoms with van der Waals surface area (Å²) < 4.78 is 5.07. The van der Waals surface area contributed by atoms with E-state index in [0.29, 0.717) is 17.6 Å². The van der Waals surface area contributed by atoms with Gasteiger partial charge in [0, 0.05) is 11.6 Å². The predicted octanol–water partition coefficient (Wildman–Crippen LogP) is 2.21. The summed E-state index contributed by atoms with van der Waals surface area (Å²) in [5.41, 5.74) is 6.98. The number of allylic oxidation sites excluding steroid dienone is 1. The van der Waals surface area contributed by atoms with Crippen LogP contribution in [0.1, 0.15) is 18.9 Å². The fourth-order valence-electron chi connectivity index (χ4n) is 1.51. The van der Waals surface area contributed by atoms with Gasteiger partial charge in [0.05, 0.1) is 35.4 Å². The van der Waals surface area contributed by atoms with Crippen LogP contribution in [0.15, 0.2) is 23.8 Å². The Bertz CT molecular complexity index is 544. The van der Waals surface area contributed by atoms with Gasteiger partial charge in [-0.15, -0.1) is 0 Å². The highest BCUT2D eigenvalue weighted by atomic mass is 16.6. The first-order valence-corrected chi connectivity index (χ1v) is 5.26. The van der Waals surface area contributed by atoms with E-state index in [2.05, 4.69) is 0 Å². The molecule has 1 aromatic carbocycles. The number of nitrogens with zero attached hydrogens (tertiary/aromatic N) is 2. The molecule has 0 saturated heterocycles. The van der Waals surface area contributed by atoms with E-state index in [1.807, 2.05) is 13.0 Å². The first-order valence-electron chi connectivity index (χ1n) is 5.26. The van der Waals surface area contributed by atoms with E-state index >= 15 is 0 Å². The fourth-order valence-corrected chi connectivity index (χ4v) is 1.51. The average molecular weight is 247 g/mol. The number of hydrogen-bond acceptors (Lipinski definition) is 5. The van der Waals surface area contributed by atoms with Crippen molar-refractivity contribution in [2.45, 2.75) is 13.3 Å². The second-order valence-electron chi connectivity index (χ2n) is 3.50. The molecule has 0 aliphatic heterocycles. The van der Waals surface area contributed by atoms with Crippen LogP contribution in [0.25, 0.3) is 5.70 Å². The van der Waals surface area contributed by atoms with E-state index in [9.17, 15) is 10.1 Å². The summed E-state index contributed by atoms with van der Waals surface area (Å²) in [5.74, 6) is 0.280. The lowest BCUT2D eigenvalue weighted by Crippen LogP contribution is -2.03. The van der Waals surface area contributed by atoms with Crippen molar-refractivity contribution in [2.75, 3.05) is 7.11 Å². The molecule has 0 aromatic heterocycles. The van der Waals surface area contributed by atoms with Gasteiger partial charge in [-0.1, -0.05) is 6.92 Å². The molecule has 1 rings (SSSR count). The molecular formula is C12H13N3O3. The summed E-state index contributed by atoms with van der Waals surface area (Å²) in [5, 5.41) is 19.6. The summed E-state index contributed by atoms with van der Waals surface area (Å²) in [6, 6.07) is 6.10. The zero-order valence-electron chi connectivity index (χ0n) is 10.1. The summed E-state index contributed by atoms with van der Waals surface area (Å²) >= 11 is 0. The van der Waals surface area contributed by atoms with Crippen LogP contribution in [0.3, 0.4) is 0 Å². The summed E-state index contributed by atoms with van der Waals surface area (Å²) in [4.78, 5) is 10.1. The smallest absolute Gasteiger partial charge is 0.273 e. The van der Waals surface area contributed by atoms with Crippen molar-refractivity contribution in [3.8, 4) is 11.8 Å². The molecule has 6 nitrogen and oxygen atoms in total. The molecule has 0 heterocycles. The van der Waals surface area contributed by atoms with Crippen molar-refractivity contribution in [2.24, 2.45) is 5.73 Å². The standard InChI is InChI=1S/C12H13N3O3/c1-3-8(7-13)12(14)10-5-4-9(15(16)17)6-11(10)18-2/h4-6H,3,14H2,1-2H3/b12-8-. The van der Waals surface area contributed by atoms with Gasteiger partial charge in [0.25, 0.3) is 5.69 Å². The van der Waals surface area contributed by atoms with Crippen molar-refractivity contribution in [3.63, 3.8) is 0 Å². The van der Waals surface area contributed by atoms with Crippen LogP contribution in [0.2, 0.25) is 0 Å². The first kappa shape index (κ1) is 13.5. The highest BCUT2D eigenvalue weighted by molar-refractivity contribution is 5.74. The van der Waals surface area contributed by atoms with Gasteiger partial charge in [-0.2, -0.15) is 5.26 Å². The summed E-state index contributed by atoms with van der Waals surface area (Å²) in [6.45, 7) is 1.81. The number of nitro groups is 1. The van der Waals surface area contributed by atoms with Crippen molar-refractivity contribution in [1.29, 1.82) is 5.26 Å². The Balaban J connectivity index is 3.39. The van der Waals surface area contributed by atoms with Crippen LogP contribution >= 0.6 is 0 Å². The summed E-state index contributed by atoms with van der Waals surface area (Å²) in [6.07, 6.45) is 0.489. The zero-order chi connectivity index (χ0) is 13.7. The van der Waals surface area contributed by atoms with Crippen molar-refractivity contribution in [1.82, 2.24) is 0 Å². The number of non-ortho nitro benzene ring substituents is 1. The third-order valence-corrected chi connectivity index (χ3v) is 2.50. The van der Waals surface area contributed by atoms with E-state index in [0.717, 1.165) is 0 Å². The fraction of sp³-hybridized carbons (Fsp3) is 0.250. The highest BCUT2D eigenvalue weighted by Gasteiger charge is 2.14. The van der Waals surface area contributed by atoms with Gasteiger partial charge in [-0.3, -0.25) is 10.1 Å². The van der Waals surface area contributed by atoms with Gasteiger partial charge in [0.1, 0.15) is 5.75 Å². The zero-order valence-corrected chi connectivity index (χ0v) is 10.1. The van der Waals surface area contributed by atoms with Crippen LogP contribution < -0.4 is 10.5 Å². The molecule has 18 heavy (non-hydrogen) atoms. The lowest BCUT2D eigenvalue weighted by molar-refractivity contribution is -0.384. The Morgan fingerprint density at radius 2 is 2.28 bits per heavy atom. The second kappa shape index (κ2) is 5.68. The molecule has 6 heteroatoms. The molecular weight excluding hydrogens is 234 g/mol. The van der Waals surface area contributed by atoms with Gasteiger partial charge in [-0.25, -0.2) is 0 Å². The Hall–Kier alpha value is -2.55. The number of nitro benzene ring substituents is 1. The number of nitriles is 1. The monoisotopic (exact) mass is 247 g/mol. The van der Waals surface area contributed by atoms with Gasteiger partial charge >= 0.3 is 0 Å². The molecule has 0 fully saturated rings. The third kappa shape index (κ3) is 2.58. The molecule has 1 aromatic rings. The third-order valence-electron chi connectivity index (χ3n) is 2.50. The van der Waals surface area contributed by atoms with Crippen LogP contribution in [-0.4, -0.2) is 12.0 Å². The van der Waals surface area contributed by atoms with Crippen LogP contribution in [0, 0.1) is 21.4 Å². The Kier molecular flexibility index (Phi) is 4.27. The quantitative estimate of drug-likeness (QED) is 0.499. The molecule has 0 aliphatic rings. The normalized spacial score (nSPS) is 11.4. The molecule has 0 unspecified atom stereocenters. The SMILES string of the molecule is CC/C(C#N)=C(/N)c1ccc([N+](=O)[O-])cc1OC. The van der Waals surface area contributed by atoms with Gasteiger partial charge in [-0.05, 0) is 12.5 Å². The maximum absolute atomic E-state index is 10.7. The Labute approximate surface area is 104 Å². The molecule has 0 aliphatic carbocycles. The number of nitrogens with two attached hydrogens (primary N) is 1. The van der Waals surface area contributed by atoms with Gasteiger partial charge in [0.2, 0.25) is 0 Å². The minimum absolute atomic E-state index is 0.0848. The molecule has 0 atom stereocenters. The highest BCUT2D eigenvalue weighted by Crippen LogP contribution is 2.29. The van der Waals surface area contributed by atoms with Crippen molar-refractivity contribution < 1.29 is 9.66 Å². The van der Waals surface area contributed by atoms with E-state index in [-0.39, 0.29) is 17.1 Å². The maximum atomic E-state index is 10.7. The molecule has 0 radical (unpaired) electrons. The Morgan fingerprint density at radius 3 is 2.72 bits per heavy atom. The van der Waals surface area contributed by atoms with Crippen LogP contribution in [0.4, 0.5) is 5.69 Å². The number of rotatable bonds is 4. The van der Waals surface area contributed by atoms with E-state index in [1.165, 1.54) is 25.3 Å². The molecule has 2 N–H and O–H groups in total. The topological polar surface area (TPSA) is 102 Å². The number of benzene rings is 1. The molecule has 0 spiro atoms. The number of methoxy groups -OCH3 is 1. The Morgan fingerprint density at radius 1 is 1.61 bits per heavy atom. The summed E-state index contributed by atoms with van der Waals surface area (Å²) in [7, 11) is 1.40. The largest absolute Gasteiger partial charge is 0.496 e. The number of ether oxygens (including phenoxy) is 1. The minimum Gasteiger partial charge on any atom is -0.496 e. The maximum Gasteiger partial charge on any atom is 0.273 e. The van der Waals surface area contributed by atoms with Gasteiger partial charge < -0.3 is 10.5 Å². The van der Waals surface area contributed by atoms with Gasteiger partial charge in [0.15, 0.2) is 0 Å². The average Bonchev–Trinajstić information content (AvgIpc) is 2.39. The van der Waals surface area contributed by atoms with E-state index in [4.69, 9.17) is 15.7 Å². The molecule has 0 saturated carbocycles. The predicted molar refractivity (Wildman–Crippen MR) is 66.7 cm³/mol. The minimum atomic E-state index is -0.517. The molecule has 0 bridgehead atoms. The van der Waals surface area contributed by atoms with Crippen LogP contribution in [0.5, 0.6) is 5.75 Å². The van der Waals surface area contributed by atoms with Crippen LogP contribution in [-0.2, 0) is 0 Å². The van der Waals surface area contributed by atoms with Crippen molar-refractivity contribution in [3.05, 3.63) is 39.4 Å². The van der Waals surface area contributed by atoms with E-state index < -0.39 is 4.92 Å². The lowest BCUT2D eigenvalue weighted by atomic mass is 10.0. The number of hydrogen-bond donors (Lipinski definition) is 1. The lowest BCUT2D eigenvalue weighted by Gasteiger charge is -2.09. The molecule has 94 valence electrons. The van der Waals surface area contributed by atoms with Crippen molar-refractivity contribution >= 4 is 11.4 Å². The first-order chi connectivity index (χ1) is 8.54.